The molecule has 0 atom stereocenters. The maximum absolute atomic E-state index is 13.9. The Balaban J connectivity index is 0.00000210. The largest absolute Gasteiger partial charge is 0.472 e. The number of carbonyl (C=O) groups excluding carboxylic acids is 2. The van der Waals surface area contributed by atoms with Crippen molar-refractivity contribution >= 4 is 27.7 Å². The van der Waals surface area contributed by atoms with Crippen molar-refractivity contribution in [3.63, 3.8) is 0 Å². The second kappa shape index (κ2) is 12.2. The fraction of sp³-hybridized carbons (Fsp3) is 0.250. The summed E-state index contributed by atoms with van der Waals surface area (Å²) in [6, 6.07) is 7.76. The fourth-order valence-electron chi connectivity index (χ4n) is 3.01. The number of nitrogens with zero attached hydrogens (tertiary/aromatic N) is 2. The van der Waals surface area contributed by atoms with E-state index < -0.39 is 29.0 Å². The van der Waals surface area contributed by atoms with Crippen molar-refractivity contribution < 1.29 is 23.1 Å². The van der Waals surface area contributed by atoms with Gasteiger partial charge in [0, 0.05) is 17.2 Å². The van der Waals surface area contributed by atoms with Gasteiger partial charge < -0.3 is 15.8 Å². The van der Waals surface area contributed by atoms with Gasteiger partial charge in [-0.15, -0.1) is 0 Å². The van der Waals surface area contributed by atoms with Gasteiger partial charge >= 0.3 is 0 Å². The third kappa shape index (κ3) is 6.72. The SMILES string of the molecule is CC.Cc1ccc(C(=O)NCC(N)=O)cc1-n1c(C)nc(OCc2ccc(F)cc2F)c(Br)c1=O. The summed E-state index contributed by atoms with van der Waals surface area (Å²) in [5.74, 6) is -2.53. The van der Waals surface area contributed by atoms with E-state index in [2.05, 4.69) is 26.2 Å². The number of halogens is 3. The van der Waals surface area contributed by atoms with E-state index in [1.165, 1.54) is 16.7 Å². The van der Waals surface area contributed by atoms with Crippen LogP contribution in [0.5, 0.6) is 5.88 Å². The average molecular weight is 551 g/mol. The number of hydrogen-bond acceptors (Lipinski definition) is 5. The van der Waals surface area contributed by atoms with Gasteiger partial charge in [0.25, 0.3) is 11.5 Å². The Morgan fingerprint density at radius 3 is 2.46 bits per heavy atom. The molecule has 0 saturated carbocycles. The lowest BCUT2D eigenvalue weighted by Crippen LogP contribution is -2.33. The van der Waals surface area contributed by atoms with Crippen molar-refractivity contribution in [1.82, 2.24) is 14.9 Å². The van der Waals surface area contributed by atoms with Gasteiger partial charge in [-0.25, -0.2) is 8.78 Å². The zero-order chi connectivity index (χ0) is 26.3. The zero-order valence-corrected chi connectivity index (χ0v) is 21.2. The molecule has 0 aliphatic rings. The lowest BCUT2D eigenvalue weighted by molar-refractivity contribution is -0.117. The minimum absolute atomic E-state index is 0.0152. The lowest BCUT2D eigenvalue weighted by atomic mass is 10.1. The van der Waals surface area contributed by atoms with Crippen molar-refractivity contribution in [3.05, 3.63) is 85.4 Å². The Hall–Kier alpha value is -3.60. The first-order valence-electron chi connectivity index (χ1n) is 10.6. The molecule has 0 fully saturated rings. The molecule has 0 aliphatic heterocycles. The summed E-state index contributed by atoms with van der Waals surface area (Å²) in [6.45, 7) is 6.73. The first kappa shape index (κ1) is 27.6. The van der Waals surface area contributed by atoms with Crippen LogP contribution in [0.3, 0.4) is 0 Å². The Morgan fingerprint density at radius 2 is 1.83 bits per heavy atom. The van der Waals surface area contributed by atoms with E-state index in [0.717, 1.165) is 12.1 Å². The molecule has 2 amide bonds. The minimum atomic E-state index is -0.779. The predicted molar refractivity (Wildman–Crippen MR) is 131 cm³/mol. The van der Waals surface area contributed by atoms with Crippen LogP contribution in [0.15, 0.2) is 45.7 Å². The molecule has 0 spiro atoms. The molecule has 0 bridgehead atoms. The third-order valence-electron chi connectivity index (χ3n) is 4.68. The monoisotopic (exact) mass is 550 g/mol. The highest BCUT2D eigenvalue weighted by Crippen LogP contribution is 2.24. The Kier molecular flexibility index (Phi) is 9.64. The maximum atomic E-state index is 13.9. The van der Waals surface area contributed by atoms with Crippen LogP contribution in [-0.2, 0) is 11.4 Å². The highest BCUT2D eigenvalue weighted by molar-refractivity contribution is 9.10. The fourth-order valence-corrected chi connectivity index (χ4v) is 3.39. The molecular weight excluding hydrogens is 526 g/mol. The lowest BCUT2D eigenvalue weighted by Gasteiger charge is -2.16. The molecule has 11 heteroatoms. The van der Waals surface area contributed by atoms with E-state index >= 15 is 0 Å². The molecule has 186 valence electrons. The predicted octanol–water partition coefficient (Wildman–Crippen LogP) is 3.71. The van der Waals surface area contributed by atoms with Crippen LogP contribution in [0.4, 0.5) is 8.78 Å². The smallest absolute Gasteiger partial charge is 0.276 e. The minimum Gasteiger partial charge on any atom is -0.472 e. The van der Waals surface area contributed by atoms with Crippen LogP contribution >= 0.6 is 15.9 Å². The van der Waals surface area contributed by atoms with E-state index in [1.807, 2.05) is 13.8 Å². The summed E-state index contributed by atoms with van der Waals surface area (Å²) in [7, 11) is 0. The summed E-state index contributed by atoms with van der Waals surface area (Å²) in [5, 5.41) is 2.39. The molecule has 0 saturated heterocycles. The zero-order valence-electron chi connectivity index (χ0n) is 19.6. The molecule has 8 nitrogen and oxygen atoms in total. The first-order valence-corrected chi connectivity index (χ1v) is 11.4. The van der Waals surface area contributed by atoms with Crippen LogP contribution in [0, 0.1) is 25.5 Å². The van der Waals surface area contributed by atoms with Gasteiger partial charge in [-0.3, -0.25) is 19.0 Å². The van der Waals surface area contributed by atoms with Crippen molar-refractivity contribution in [2.24, 2.45) is 5.73 Å². The number of rotatable bonds is 7. The van der Waals surface area contributed by atoms with Crippen LogP contribution in [0.25, 0.3) is 5.69 Å². The summed E-state index contributed by atoms with van der Waals surface area (Å²) < 4.78 is 33.7. The molecule has 35 heavy (non-hydrogen) atoms. The quantitative estimate of drug-likeness (QED) is 0.465. The molecule has 3 rings (SSSR count). The number of hydrogen-bond donors (Lipinski definition) is 2. The third-order valence-corrected chi connectivity index (χ3v) is 5.36. The Bertz CT molecular complexity index is 1310. The molecule has 1 aromatic heterocycles. The van der Waals surface area contributed by atoms with E-state index in [9.17, 15) is 23.2 Å². The van der Waals surface area contributed by atoms with Gasteiger partial charge in [0.05, 0.1) is 12.2 Å². The van der Waals surface area contributed by atoms with Gasteiger partial charge in [-0.05, 0) is 59.6 Å². The van der Waals surface area contributed by atoms with Crippen LogP contribution in [0.1, 0.15) is 41.2 Å². The van der Waals surface area contributed by atoms with Gasteiger partial charge in [0.1, 0.15) is 28.5 Å². The number of aromatic nitrogens is 2. The summed E-state index contributed by atoms with van der Waals surface area (Å²) in [4.78, 5) is 40.6. The summed E-state index contributed by atoms with van der Waals surface area (Å²) in [6.07, 6.45) is 0. The molecule has 2 aromatic carbocycles. The van der Waals surface area contributed by atoms with Crippen LogP contribution in [-0.4, -0.2) is 27.9 Å². The van der Waals surface area contributed by atoms with E-state index in [0.29, 0.717) is 11.3 Å². The van der Waals surface area contributed by atoms with Crippen LogP contribution < -0.4 is 21.3 Å². The van der Waals surface area contributed by atoms with Gasteiger partial charge in [-0.1, -0.05) is 19.9 Å². The van der Waals surface area contributed by atoms with Gasteiger partial charge in [-0.2, -0.15) is 4.98 Å². The molecule has 3 aromatic rings. The van der Waals surface area contributed by atoms with Crippen molar-refractivity contribution in [3.8, 4) is 11.6 Å². The van der Waals surface area contributed by atoms with Crippen molar-refractivity contribution in [2.45, 2.75) is 34.3 Å². The number of ether oxygens (including phenoxy) is 1. The van der Waals surface area contributed by atoms with Crippen LogP contribution in [0.2, 0.25) is 0 Å². The topological polar surface area (TPSA) is 116 Å². The molecule has 0 unspecified atom stereocenters. The Morgan fingerprint density at radius 1 is 1.14 bits per heavy atom. The van der Waals surface area contributed by atoms with Crippen molar-refractivity contribution in [1.29, 1.82) is 0 Å². The van der Waals surface area contributed by atoms with E-state index in [4.69, 9.17) is 10.5 Å². The van der Waals surface area contributed by atoms with E-state index in [1.54, 1.807) is 26.0 Å². The Labute approximate surface area is 209 Å². The normalized spacial score (nSPS) is 10.3. The maximum Gasteiger partial charge on any atom is 0.276 e. The second-order valence-corrected chi connectivity index (χ2v) is 7.89. The molecule has 1 heterocycles. The molecule has 0 radical (unpaired) electrons. The van der Waals surface area contributed by atoms with Gasteiger partial charge in [0.2, 0.25) is 11.8 Å². The standard InChI is InChI=1S/C22H19BrF2N4O4.C2H6/c1-11-3-4-13(20(31)27-9-18(26)30)7-17(11)29-12(2)28-21(19(23)22(29)32)33-10-14-5-6-15(24)8-16(14)25;1-2/h3-8H,9-10H2,1-2H3,(H2,26,30)(H,27,31);1-2H3. The summed E-state index contributed by atoms with van der Waals surface area (Å²) >= 11 is 3.17. The van der Waals surface area contributed by atoms with Gasteiger partial charge in [0.15, 0.2) is 0 Å². The van der Waals surface area contributed by atoms with E-state index in [-0.39, 0.29) is 40.5 Å². The number of carbonyl (C=O) groups is 2. The highest BCUT2D eigenvalue weighted by Gasteiger charge is 2.18. The molecule has 3 N–H and O–H groups in total. The number of benzene rings is 2. The molecular formula is C24H25BrF2N4O4. The average Bonchev–Trinajstić information content (AvgIpc) is 2.82. The number of amides is 2. The second-order valence-electron chi connectivity index (χ2n) is 7.09. The van der Waals surface area contributed by atoms with Crippen molar-refractivity contribution in [2.75, 3.05) is 6.54 Å². The first-order chi connectivity index (χ1) is 16.6. The number of primary amides is 1. The number of nitrogens with one attached hydrogen (secondary N) is 1. The number of nitrogens with two attached hydrogens (primary N) is 1. The highest BCUT2D eigenvalue weighted by atomic mass is 79.9. The summed E-state index contributed by atoms with van der Waals surface area (Å²) in [5.41, 5.74) is 5.92. The molecule has 0 aliphatic carbocycles. The number of aryl methyl sites for hydroxylation is 2.